The lowest BCUT2D eigenvalue weighted by molar-refractivity contribution is 0.390. The van der Waals surface area contributed by atoms with E-state index in [4.69, 9.17) is 11.6 Å². The van der Waals surface area contributed by atoms with Crippen LogP contribution in [0.2, 0.25) is 5.02 Å². The fourth-order valence-electron chi connectivity index (χ4n) is 2.62. The largest absolute Gasteiger partial charge is 0.316 e. The van der Waals surface area contributed by atoms with Crippen molar-refractivity contribution in [3.8, 4) is 0 Å². The van der Waals surface area contributed by atoms with Gasteiger partial charge in [0, 0.05) is 11.1 Å². The zero-order valence-corrected chi connectivity index (χ0v) is 12.0. The van der Waals surface area contributed by atoms with E-state index in [0.29, 0.717) is 9.92 Å². The number of hydrogen-bond donors (Lipinski definition) is 1. The molecule has 18 heavy (non-hydrogen) atoms. The predicted octanol–water partition coefficient (Wildman–Crippen LogP) is 2.64. The van der Waals surface area contributed by atoms with Crippen molar-refractivity contribution < 1.29 is 8.42 Å². The van der Waals surface area contributed by atoms with E-state index in [0.717, 1.165) is 25.7 Å². The Bertz CT molecular complexity index is 515. The number of hydrogen-bond acceptors (Lipinski definition) is 3. The SMILES string of the molecule is CNC1CCCCC1S(=O)(=O)c1cccc(Cl)c1. The van der Waals surface area contributed by atoms with Crippen LogP contribution in [0.25, 0.3) is 0 Å². The van der Waals surface area contributed by atoms with E-state index in [1.165, 1.54) is 6.07 Å². The highest BCUT2D eigenvalue weighted by Crippen LogP contribution is 2.29. The molecule has 0 aliphatic heterocycles. The van der Waals surface area contributed by atoms with Gasteiger partial charge in [-0.05, 0) is 38.1 Å². The Kier molecular flexibility index (Phi) is 4.30. The molecule has 0 amide bonds. The highest BCUT2D eigenvalue weighted by Gasteiger charge is 2.35. The van der Waals surface area contributed by atoms with Crippen molar-refractivity contribution in [3.05, 3.63) is 29.3 Å². The summed E-state index contributed by atoms with van der Waals surface area (Å²) in [6, 6.07) is 6.59. The molecule has 1 aromatic carbocycles. The Labute approximate surface area is 113 Å². The predicted molar refractivity (Wildman–Crippen MR) is 73.7 cm³/mol. The van der Waals surface area contributed by atoms with E-state index >= 15 is 0 Å². The van der Waals surface area contributed by atoms with Crippen LogP contribution >= 0.6 is 11.6 Å². The van der Waals surface area contributed by atoms with E-state index in [-0.39, 0.29) is 11.3 Å². The van der Waals surface area contributed by atoms with E-state index in [1.807, 2.05) is 7.05 Å². The molecule has 0 spiro atoms. The lowest BCUT2D eigenvalue weighted by Crippen LogP contribution is -2.44. The first-order valence-corrected chi connectivity index (χ1v) is 8.15. The lowest BCUT2D eigenvalue weighted by atomic mass is 9.95. The summed E-state index contributed by atoms with van der Waals surface area (Å²) in [5, 5.41) is 3.26. The molecule has 3 nitrogen and oxygen atoms in total. The van der Waals surface area contributed by atoms with Crippen molar-refractivity contribution in [2.75, 3.05) is 7.05 Å². The zero-order valence-electron chi connectivity index (χ0n) is 10.4. The maximum Gasteiger partial charge on any atom is 0.182 e. The van der Waals surface area contributed by atoms with Crippen molar-refractivity contribution in [2.45, 2.75) is 41.9 Å². The highest BCUT2D eigenvalue weighted by atomic mass is 35.5. The Morgan fingerprint density at radius 3 is 2.67 bits per heavy atom. The van der Waals surface area contributed by atoms with E-state index in [9.17, 15) is 8.42 Å². The smallest absolute Gasteiger partial charge is 0.182 e. The van der Waals surface area contributed by atoms with Gasteiger partial charge in [-0.1, -0.05) is 30.5 Å². The molecule has 1 aromatic rings. The van der Waals surface area contributed by atoms with Crippen LogP contribution in [-0.2, 0) is 9.84 Å². The topological polar surface area (TPSA) is 46.2 Å². The van der Waals surface area contributed by atoms with Gasteiger partial charge in [0.15, 0.2) is 9.84 Å². The molecule has 1 N–H and O–H groups in total. The Morgan fingerprint density at radius 2 is 2.00 bits per heavy atom. The van der Waals surface area contributed by atoms with Crippen LogP contribution in [0, 0.1) is 0 Å². The van der Waals surface area contributed by atoms with Gasteiger partial charge in [0.25, 0.3) is 0 Å². The van der Waals surface area contributed by atoms with Gasteiger partial charge in [-0.25, -0.2) is 8.42 Å². The van der Waals surface area contributed by atoms with E-state index < -0.39 is 9.84 Å². The number of sulfone groups is 1. The minimum atomic E-state index is -3.29. The maximum atomic E-state index is 12.6. The fraction of sp³-hybridized carbons (Fsp3) is 0.538. The van der Waals surface area contributed by atoms with E-state index in [2.05, 4.69) is 5.32 Å². The third kappa shape index (κ3) is 2.71. The van der Waals surface area contributed by atoms with Gasteiger partial charge in [-0.15, -0.1) is 0 Å². The molecule has 0 radical (unpaired) electrons. The molecular weight excluding hydrogens is 270 g/mol. The van der Waals surface area contributed by atoms with Gasteiger partial charge in [0.1, 0.15) is 0 Å². The molecular formula is C13H18ClNO2S. The lowest BCUT2D eigenvalue weighted by Gasteiger charge is -2.30. The number of nitrogens with one attached hydrogen (secondary N) is 1. The van der Waals surface area contributed by atoms with Gasteiger partial charge in [-0.2, -0.15) is 0 Å². The summed E-state index contributed by atoms with van der Waals surface area (Å²) in [5.41, 5.74) is 0. The molecule has 0 heterocycles. The molecule has 0 saturated heterocycles. The van der Waals surface area contributed by atoms with Crippen LogP contribution in [0.5, 0.6) is 0 Å². The standard InChI is InChI=1S/C13H18ClNO2S/c1-15-12-7-2-3-8-13(12)18(16,17)11-6-4-5-10(14)9-11/h4-6,9,12-13,15H,2-3,7-8H2,1H3. The summed E-state index contributed by atoms with van der Waals surface area (Å²) in [7, 11) is -1.46. The van der Waals surface area contributed by atoms with Gasteiger partial charge < -0.3 is 5.32 Å². The van der Waals surface area contributed by atoms with Gasteiger partial charge in [0.05, 0.1) is 10.1 Å². The second-order valence-corrected chi connectivity index (χ2v) is 7.32. The fourth-order valence-corrected chi connectivity index (χ4v) is 4.96. The summed E-state index contributed by atoms with van der Waals surface area (Å²) < 4.78 is 25.2. The molecule has 0 bridgehead atoms. The number of halogens is 1. The van der Waals surface area contributed by atoms with Crippen LogP contribution in [0.1, 0.15) is 25.7 Å². The monoisotopic (exact) mass is 287 g/mol. The molecule has 2 unspecified atom stereocenters. The molecule has 5 heteroatoms. The summed E-state index contributed by atoms with van der Waals surface area (Å²) in [5.74, 6) is 0. The minimum Gasteiger partial charge on any atom is -0.316 e. The molecule has 100 valence electrons. The Hall–Kier alpha value is -0.580. The summed E-state index contributed by atoms with van der Waals surface area (Å²) >= 11 is 5.88. The molecule has 0 aromatic heterocycles. The quantitative estimate of drug-likeness (QED) is 0.930. The van der Waals surface area contributed by atoms with Crippen molar-refractivity contribution in [1.29, 1.82) is 0 Å². The third-order valence-electron chi connectivity index (χ3n) is 3.60. The second-order valence-electron chi connectivity index (χ2n) is 4.72. The Balaban J connectivity index is 2.35. The van der Waals surface area contributed by atoms with E-state index in [1.54, 1.807) is 18.2 Å². The highest BCUT2D eigenvalue weighted by molar-refractivity contribution is 7.92. The van der Waals surface area contributed by atoms with Crippen molar-refractivity contribution in [3.63, 3.8) is 0 Å². The first-order valence-electron chi connectivity index (χ1n) is 6.22. The second kappa shape index (κ2) is 5.59. The molecule has 2 rings (SSSR count). The van der Waals surface area contributed by atoms with Crippen LogP contribution in [-0.4, -0.2) is 26.8 Å². The van der Waals surface area contributed by atoms with Crippen LogP contribution < -0.4 is 5.32 Å². The third-order valence-corrected chi connectivity index (χ3v) is 6.10. The summed E-state index contributed by atoms with van der Waals surface area (Å²) in [6.07, 6.45) is 3.71. The molecule has 2 atom stereocenters. The van der Waals surface area contributed by atoms with Crippen molar-refractivity contribution in [2.24, 2.45) is 0 Å². The van der Waals surface area contributed by atoms with Crippen molar-refractivity contribution >= 4 is 21.4 Å². The average Bonchev–Trinajstić information content (AvgIpc) is 2.38. The van der Waals surface area contributed by atoms with Gasteiger partial charge >= 0.3 is 0 Å². The summed E-state index contributed by atoms with van der Waals surface area (Å²) in [6.45, 7) is 0. The average molecular weight is 288 g/mol. The molecule has 1 aliphatic carbocycles. The van der Waals surface area contributed by atoms with Crippen molar-refractivity contribution in [1.82, 2.24) is 5.32 Å². The minimum absolute atomic E-state index is 0.0442. The Morgan fingerprint density at radius 1 is 1.28 bits per heavy atom. The van der Waals surface area contributed by atoms with Gasteiger partial charge in [-0.3, -0.25) is 0 Å². The van der Waals surface area contributed by atoms with Crippen LogP contribution in [0.3, 0.4) is 0 Å². The molecule has 1 fully saturated rings. The summed E-state index contributed by atoms with van der Waals surface area (Å²) in [4.78, 5) is 0.335. The molecule has 1 aliphatic rings. The van der Waals surface area contributed by atoms with Crippen LogP contribution in [0.15, 0.2) is 29.2 Å². The number of rotatable bonds is 3. The maximum absolute atomic E-state index is 12.6. The van der Waals surface area contributed by atoms with Gasteiger partial charge in [0.2, 0.25) is 0 Å². The number of benzene rings is 1. The first kappa shape index (κ1) is 13.8. The van der Waals surface area contributed by atoms with Crippen LogP contribution in [0.4, 0.5) is 0 Å². The molecule has 1 saturated carbocycles. The normalized spacial score (nSPS) is 25.0. The zero-order chi connectivity index (χ0) is 13.2. The first-order chi connectivity index (χ1) is 8.55.